The quantitative estimate of drug-likeness (QED) is 0.670. The molecule has 6 nitrogen and oxygen atoms in total. The highest BCUT2D eigenvalue weighted by Gasteiger charge is 2.41. The van der Waals surface area contributed by atoms with Gasteiger partial charge in [0.15, 0.2) is 6.61 Å². The molecule has 4 rings (SSSR count). The lowest BCUT2D eigenvalue weighted by Gasteiger charge is -2.46. The van der Waals surface area contributed by atoms with E-state index < -0.39 is 0 Å². The lowest BCUT2D eigenvalue weighted by molar-refractivity contribution is -0.149. The van der Waals surface area contributed by atoms with Gasteiger partial charge in [-0.05, 0) is 74.4 Å². The number of likely N-dealkylation sites (tertiary alicyclic amines) is 1. The van der Waals surface area contributed by atoms with Crippen LogP contribution in [0.15, 0.2) is 48.8 Å². The van der Waals surface area contributed by atoms with Gasteiger partial charge in [-0.15, -0.1) is 0 Å². The summed E-state index contributed by atoms with van der Waals surface area (Å²) < 4.78 is 30.5. The van der Waals surface area contributed by atoms with Gasteiger partial charge >= 0.3 is 0 Å². The maximum Gasteiger partial charge on any atom is 0.260 e. The van der Waals surface area contributed by atoms with Gasteiger partial charge in [0.25, 0.3) is 5.91 Å². The summed E-state index contributed by atoms with van der Waals surface area (Å²) in [7, 11) is 0. The van der Waals surface area contributed by atoms with Gasteiger partial charge in [0.1, 0.15) is 17.3 Å². The van der Waals surface area contributed by atoms with Crippen LogP contribution < -0.4 is 9.47 Å². The number of aromatic nitrogens is 1. The number of carbonyl (C=O) groups is 1. The molecule has 1 atom stereocenters. The highest BCUT2D eigenvalue weighted by atomic mass is 19.1. The third-order valence-corrected chi connectivity index (χ3v) is 6.24. The number of nitrogens with zero attached hydrogens (tertiary/aromatic N) is 2. The van der Waals surface area contributed by atoms with E-state index in [0.29, 0.717) is 31.4 Å². The minimum atomic E-state index is -0.324. The van der Waals surface area contributed by atoms with Crippen molar-refractivity contribution < 1.29 is 23.4 Å². The van der Waals surface area contributed by atoms with Crippen molar-refractivity contribution in [2.45, 2.75) is 37.7 Å². The number of benzene rings is 1. The van der Waals surface area contributed by atoms with E-state index in [1.165, 1.54) is 24.3 Å². The van der Waals surface area contributed by atoms with Crippen LogP contribution in [0.5, 0.6) is 11.5 Å². The largest absolute Gasteiger partial charge is 0.493 e. The topological polar surface area (TPSA) is 60.9 Å². The van der Waals surface area contributed by atoms with Gasteiger partial charge in [-0.1, -0.05) is 0 Å². The SMILES string of the molecule is O=C(COc1ccc(F)cc1)N1CCC2(CC1)CC(CCOc1ccncc1)CCO2. The van der Waals surface area contributed by atoms with Crippen LogP contribution in [0.2, 0.25) is 0 Å². The first-order valence-corrected chi connectivity index (χ1v) is 10.9. The van der Waals surface area contributed by atoms with Gasteiger partial charge < -0.3 is 19.1 Å². The van der Waals surface area contributed by atoms with E-state index in [0.717, 1.165) is 44.5 Å². The molecule has 0 bridgehead atoms. The van der Waals surface area contributed by atoms with Crippen molar-refractivity contribution in [2.75, 3.05) is 32.9 Å². The van der Waals surface area contributed by atoms with Crippen LogP contribution in [0.25, 0.3) is 0 Å². The van der Waals surface area contributed by atoms with E-state index in [1.807, 2.05) is 17.0 Å². The van der Waals surface area contributed by atoms with Crippen molar-refractivity contribution in [1.29, 1.82) is 0 Å². The first-order chi connectivity index (χ1) is 15.1. The summed E-state index contributed by atoms with van der Waals surface area (Å²) in [5.74, 6) is 1.55. The van der Waals surface area contributed by atoms with Crippen molar-refractivity contribution in [3.8, 4) is 11.5 Å². The fourth-order valence-corrected chi connectivity index (χ4v) is 4.43. The summed E-state index contributed by atoms with van der Waals surface area (Å²) >= 11 is 0. The molecule has 0 saturated carbocycles. The van der Waals surface area contributed by atoms with Crippen molar-refractivity contribution >= 4 is 5.91 Å². The highest BCUT2D eigenvalue weighted by Crippen LogP contribution is 2.38. The number of halogens is 1. The zero-order valence-corrected chi connectivity index (χ0v) is 17.7. The molecular formula is C24H29FN2O4. The zero-order chi connectivity index (χ0) is 21.5. The van der Waals surface area contributed by atoms with Gasteiger partial charge in [0.05, 0.1) is 12.2 Å². The molecule has 0 aliphatic carbocycles. The van der Waals surface area contributed by atoms with Crippen molar-refractivity contribution in [2.24, 2.45) is 5.92 Å². The summed E-state index contributed by atoms with van der Waals surface area (Å²) in [6, 6.07) is 9.45. The van der Waals surface area contributed by atoms with Crippen molar-refractivity contribution in [1.82, 2.24) is 9.88 Å². The van der Waals surface area contributed by atoms with Crippen LogP contribution in [0.3, 0.4) is 0 Å². The molecule has 31 heavy (non-hydrogen) atoms. The Balaban J connectivity index is 1.20. The standard InChI is InChI=1S/C24H29FN2O4/c25-20-1-3-21(4-2-20)30-18-23(28)27-13-9-24(10-14-27)17-19(8-16-31-24)7-15-29-22-5-11-26-12-6-22/h1-6,11-12,19H,7-10,13-18H2. The van der Waals surface area contributed by atoms with Crippen LogP contribution >= 0.6 is 0 Å². The summed E-state index contributed by atoms with van der Waals surface area (Å²) in [4.78, 5) is 18.4. The number of ether oxygens (including phenoxy) is 3. The Morgan fingerprint density at radius 2 is 1.81 bits per heavy atom. The van der Waals surface area contributed by atoms with Gasteiger partial charge in [-0.25, -0.2) is 4.39 Å². The fraction of sp³-hybridized carbons (Fsp3) is 0.500. The minimum absolute atomic E-state index is 0.0333. The first kappa shape index (κ1) is 21.6. The first-order valence-electron chi connectivity index (χ1n) is 10.9. The lowest BCUT2D eigenvalue weighted by atomic mass is 9.78. The Labute approximate surface area is 182 Å². The second-order valence-corrected chi connectivity index (χ2v) is 8.33. The minimum Gasteiger partial charge on any atom is -0.493 e. The predicted octanol–water partition coefficient (Wildman–Crippen LogP) is 3.86. The molecule has 166 valence electrons. The normalized spacial score (nSPS) is 20.4. The maximum absolute atomic E-state index is 13.0. The lowest BCUT2D eigenvalue weighted by Crippen LogP contribution is -2.51. The molecular weight excluding hydrogens is 399 g/mol. The van der Waals surface area contributed by atoms with E-state index in [-0.39, 0.29) is 23.9 Å². The molecule has 1 aromatic carbocycles. The number of piperidine rings is 1. The Morgan fingerprint density at radius 3 is 2.55 bits per heavy atom. The van der Waals surface area contributed by atoms with E-state index in [4.69, 9.17) is 14.2 Å². The number of carbonyl (C=O) groups excluding carboxylic acids is 1. The van der Waals surface area contributed by atoms with Crippen LogP contribution in [-0.2, 0) is 9.53 Å². The molecule has 2 fully saturated rings. The van der Waals surface area contributed by atoms with Gasteiger partial charge in [-0.2, -0.15) is 0 Å². The maximum atomic E-state index is 13.0. The molecule has 7 heteroatoms. The number of amides is 1. The van der Waals surface area contributed by atoms with E-state index in [2.05, 4.69) is 4.98 Å². The van der Waals surface area contributed by atoms with Gasteiger partial charge in [-0.3, -0.25) is 9.78 Å². The molecule has 2 aromatic rings. The molecule has 1 spiro atoms. The molecule has 3 heterocycles. The number of rotatable bonds is 7. The Morgan fingerprint density at radius 1 is 1.10 bits per heavy atom. The molecule has 2 aliphatic rings. The summed E-state index contributed by atoms with van der Waals surface area (Å²) in [5, 5.41) is 0. The molecule has 0 N–H and O–H groups in total. The molecule has 1 aromatic heterocycles. The number of pyridine rings is 1. The summed E-state index contributed by atoms with van der Waals surface area (Å²) in [5.41, 5.74) is -0.131. The average molecular weight is 429 g/mol. The third kappa shape index (κ3) is 5.94. The zero-order valence-electron chi connectivity index (χ0n) is 17.7. The summed E-state index contributed by atoms with van der Waals surface area (Å²) in [6.45, 7) is 2.77. The van der Waals surface area contributed by atoms with Crippen LogP contribution in [0, 0.1) is 11.7 Å². The molecule has 1 unspecified atom stereocenters. The fourth-order valence-electron chi connectivity index (χ4n) is 4.43. The number of hydrogen-bond acceptors (Lipinski definition) is 5. The molecule has 2 aliphatic heterocycles. The van der Waals surface area contributed by atoms with Crippen LogP contribution in [0.4, 0.5) is 4.39 Å². The second-order valence-electron chi connectivity index (χ2n) is 8.33. The van der Waals surface area contributed by atoms with Crippen molar-refractivity contribution in [3.63, 3.8) is 0 Å². The van der Waals surface area contributed by atoms with E-state index in [9.17, 15) is 9.18 Å². The summed E-state index contributed by atoms with van der Waals surface area (Å²) in [6.07, 6.45) is 8.23. The van der Waals surface area contributed by atoms with E-state index >= 15 is 0 Å². The van der Waals surface area contributed by atoms with Crippen LogP contribution in [0.1, 0.15) is 32.1 Å². The molecule has 1 amide bonds. The molecule has 2 saturated heterocycles. The van der Waals surface area contributed by atoms with Gasteiger partial charge in [0, 0.05) is 32.1 Å². The molecule has 0 radical (unpaired) electrons. The second kappa shape index (κ2) is 10.1. The third-order valence-electron chi connectivity index (χ3n) is 6.24. The highest BCUT2D eigenvalue weighted by molar-refractivity contribution is 5.77. The predicted molar refractivity (Wildman–Crippen MR) is 113 cm³/mol. The van der Waals surface area contributed by atoms with Gasteiger partial charge in [0.2, 0.25) is 0 Å². The Kier molecular flexibility index (Phi) is 7.02. The van der Waals surface area contributed by atoms with Crippen LogP contribution in [-0.4, -0.2) is 54.3 Å². The monoisotopic (exact) mass is 428 g/mol. The Hall–Kier alpha value is -2.67. The van der Waals surface area contributed by atoms with E-state index in [1.54, 1.807) is 12.4 Å². The number of hydrogen-bond donors (Lipinski definition) is 0. The Bertz CT molecular complexity index is 838. The van der Waals surface area contributed by atoms with Crippen molar-refractivity contribution in [3.05, 3.63) is 54.6 Å². The smallest absolute Gasteiger partial charge is 0.260 e. The average Bonchev–Trinajstić information content (AvgIpc) is 2.80.